The van der Waals surface area contributed by atoms with Crippen LogP contribution in [0.1, 0.15) is 96.7 Å². The van der Waals surface area contributed by atoms with Crippen LogP contribution in [0.4, 0.5) is 8.78 Å². The van der Waals surface area contributed by atoms with E-state index >= 15 is 0 Å². The molecule has 2 amide bonds. The quantitative estimate of drug-likeness (QED) is 0.183. The molecule has 1 aromatic heterocycles. The van der Waals surface area contributed by atoms with E-state index in [1.807, 2.05) is 19.9 Å². The highest BCUT2D eigenvalue weighted by atomic mass is 19.1. The van der Waals surface area contributed by atoms with E-state index in [1.165, 1.54) is 24.3 Å². The lowest BCUT2D eigenvalue weighted by Crippen LogP contribution is -2.50. The van der Waals surface area contributed by atoms with Crippen molar-refractivity contribution in [1.82, 2.24) is 20.7 Å². The summed E-state index contributed by atoms with van der Waals surface area (Å²) in [6.45, 7) is 9.35. The van der Waals surface area contributed by atoms with E-state index in [0.717, 1.165) is 43.9 Å². The molecule has 3 N–H and O–H groups in total. The van der Waals surface area contributed by atoms with Gasteiger partial charge in [-0.2, -0.15) is 0 Å². The maximum Gasteiger partial charge on any atom is 0.253 e. The van der Waals surface area contributed by atoms with E-state index in [-0.39, 0.29) is 35.6 Å². The third-order valence-electron chi connectivity index (χ3n) is 8.09. The molecular weight excluding hydrogens is 590 g/mol. The number of hydrogen-bond donors (Lipinski definition) is 3. The number of aliphatic hydroxyl groups is 1. The highest BCUT2D eigenvalue weighted by molar-refractivity contribution is 6.00. The van der Waals surface area contributed by atoms with Gasteiger partial charge in [0, 0.05) is 48.5 Å². The molecule has 0 radical (unpaired) electrons. The van der Waals surface area contributed by atoms with E-state index in [2.05, 4.69) is 35.6 Å². The molecule has 2 atom stereocenters. The molecule has 1 saturated carbocycles. The second-order valence-corrected chi connectivity index (χ2v) is 12.6. The minimum atomic E-state index is -1.16. The number of carbonyl (C=O) groups excluding carboxylic acids is 2. The number of halogens is 2. The maximum absolute atomic E-state index is 14.1. The summed E-state index contributed by atoms with van der Waals surface area (Å²) in [5, 5.41) is 21.8. The van der Waals surface area contributed by atoms with Gasteiger partial charge in [-0.1, -0.05) is 38.8 Å². The van der Waals surface area contributed by atoms with E-state index in [4.69, 9.17) is 10.9 Å². The average molecular weight is 635 g/mol. The van der Waals surface area contributed by atoms with Crippen molar-refractivity contribution in [3.8, 4) is 12.3 Å². The van der Waals surface area contributed by atoms with Crippen molar-refractivity contribution < 1.29 is 28.0 Å². The number of nitrogens with zero attached hydrogens (tertiary/aromatic N) is 2. The summed E-state index contributed by atoms with van der Waals surface area (Å²) in [5.74, 6) is 1.28. The van der Waals surface area contributed by atoms with E-state index < -0.39 is 35.2 Å². The molecule has 46 heavy (non-hydrogen) atoms. The third-order valence-corrected chi connectivity index (χ3v) is 8.09. The number of nitrogens with one attached hydrogen (secondary N) is 2. The Morgan fingerprint density at radius 3 is 2.26 bits per heavy atom. The summed E-state index contributed by atoms with van der Waals surface area (Å²) in [6, 6.07) is 8.64. The minimum absolute atomic E-state index is 0.0556. The van der Waals surface area contributed by atoms with Gasteiger partial charge in [0.15, 0.2) is 5.76 Å². The summed E-state index contributed by atoms with van der Waals surface area (Å²) >= 11 is 0. The highest BCUT2D eigenvalue weighted by Gasteiger charge is 2.48. The molecule has 0 aliphatic heterocycles. The lowest BCUT2D eigenvalue weighted by molar-refractivity contribution is 0.0755. The van der Waals surface area contributed by atoms with Crippen LogP contribution in [0.15, 0.2) is 47.0 Å². The molecule has 2 aromatic carbocycles. The van der Waals surface area contributed by atoms with Crippen molar-refractivity contribution >= 4 is 11.8 Å². The fourth-order valence-electron chi connectivity index (χ4n) is 5.65. The summed E-state index contributed by atoms with van der Waals surface area (Å²) < 4.78 is 33.8. The summed E-state index contributed by atoms with van der Waals surface area (Å²) in [4.78, 5) is 28.7. The van der Waals surface area contributed by atoms with Crippen LogP contribution in [0, 0.1) is 29.9 Å². The highest BCUT2D eigenvalue weighted by Crippen LogP contribution is 2.45. The zero-order valence-corrected chi connectivity index (χ0v) is 27.0. The van der Waals surface area contributed by atoms with E-state index in [0.29, 0.717) is 30.3 Å². The summed E-state index contributed by atoms with van der Waals surface area (Å²) in [5.41, 5.74) is 1.42. The lowest BCUT2D eigenvalue weighted by atomic mass is 9.98. The van der Waals surface area contributed by atoms with Crippen LogP contribution in [-0.4, -0.2) is 58.8 Å². The number of aromatic nitrogens is 1. The van der Waals surface area contributed by atoms with Crippen LogP contribution in [0.5, 0.6) is 0 Å². The summed E-state index contributed by atoms with van der Waals surface area (Å²) in [7, 11) is 0. The van der Waals surface area contributed by atoms with Crippen LogP contribution < -0.4 is 10.6 Å². The van der Waals surface area contributed by atoms with Crippen molar-refractivity contribution in [1.29, 1.82) is 0 Å². The Balaban J connectivity index is 1.56. The second-order valence-electron chi connectivity index (χ2n) is 12.6. The van der Waals surface area contributed by atoms with Gasteiger partial charge in [0.05, 0.1) is 23.4 Å². The predicted octanol–water partition coefficient (Wildman–Crippen LogP) is 5.38. The number of benzene rings is 2. The fourth-order valence-corrected chi connectivity index (χ4v) is 5.65. The van der Waals surface area contributed by atoms with Gasteiger partial charge in [-0.25, -0.2) is 8.78 Å². The standard InChI is InChI=1S/C36H44F2N4O4/c1-6-11-42(12-7-2)35(45)27-15-24(8-3)14-26(19-27)34(44)40-31(18-25-16-28(37)20-29(38)17-25)32(43)22-39-36(9-10-36)33-21-30(41-46-33)13-23(4)5/h3,14-17,19-21,23,31-32,39,43H,6-7,9-13,18,22H2,1-2,4-5H3,(H,40,44)/t31-,32+/m0/s1. The number of hydrogen-bond acceptors (Lipinski definition) is 6. The zero-order chi connectivity index (χ0) is 33.4. The van der Waals surface area contributed by atoms with E-state index in [1.54, 1.807) is 11.0 Å². The zero-order valence-electron chi connectivity index (χ0n) is 27.0. The molecule has 0 saturated heterocycles. The van der Waals surface area contributed by atoms with Gasteiger partial charge in [0.2, 0.25) is 0 Å². The minimum Gasteiger partial charge on any atom is -0.390 e. The van der Waals surface area contributed by atoms with Crippen LogP contribution >= 0.6 is 0 Å². The molecular formula is C36H44F2N4O4. The number of terminal acetylenes is 1. The average Bonchev–Trinajstić information content (AvgIpc) is 3.66. The van der Waals surface area contributed by atoms with Gasteiger partial charge in [0.1, 0.15) is 11.6 Å². The largest absolute Gasteiger partial charge is 0.390 e. The molecule has 0 unspecified atom stereocenters. The van der Waals surface area contributed by atoms with Crippen molar-refractivity contribution in [2.75, 3.05) is 19.6 Å². The Morgan fingerprint density at radius 2 is 1.67 bits per heavy atom. The van der Waals surface area contributed by atoms with Crippen LogP contribution in [-0.2, 0) is 18.4 Å². The van der Waals surface area contributed by atoms with Crippen molar-refractivity contribution in [2.45, 2.75) is 83.9 Å². The number of carbonyl (C=O) groups is 2. The topological polar surface area (TPSA) is 108 Å². The van der Waals surface area contributed by atoms with Gasteiger partial charge >= 0.3 is 0 Å². The normalized spacial score (nSPS) is 14.8. The molecule has 1 fully saturated rings. The first-order valence-corrected chi connectivity index (χ1v) is 16.0. The molecule has 1 aliphatic rings. The lowest BCUT2D eigenvalue weighted by Gasteiger charge is -2.27. The molecule has 3 aromatic rings. The molecule has 1 heterocycles. The maximum atomic E-state index is 14.1. The van der Waals surface area contributed by atoms with E-state index in [9.17, 15) is 23.5 Å². The van der Waals surface area contributed by atoms with Gasteiger partial charge in [-0.05, 0) is 80.3 Å². The Kier molecular flexibility index (Phi) is 11.7. The Bertz CT molecular complexity index is 1530. The van der Waals surface area contributed by atoms with Crippen LogP contribution in [0.25, 0.3) is 0 Å². The Hall–Kier alpha value is -4.07. The summed E-state index contributed by atoms with van der Waals surface area (Å²) in [6.07, 6.45) is 8.37. The fraction of sp³-hybridized carbons (Fsp3) is 0.472. The number of amides is 2. The van der Waals surface area contributed by atoms with Gasteiger partial charge in [-0.3, -0.25) is 9.59 Å². The SMILES string of the molecule is C#Cc1cc(C(=O)N[C@@H](Cc2cc(F)cc(F)c2)[C@H](O)CNC2(c3cc(CC(C)C)no3)CC2)cc(C(=O)N(CCC)CCC)c1. The van der Waals surface area contributed by atoms with Gasteiger partial charge in [0.25, 0.3) is 11.8 Å². The van der Waals surface area contributed by atoms with Gasteiger partial charge < -0.3 is 25.2 Å². The van der Waals surface area contributed by atoms with Crippen LogP contribution in [0.2, 0.25) is 0 Å². The third kappa shape index (κ3) is 9.02. The molecule has 246 valence electrons. The number of aliphatic hydroxyl groups excluding tert-OH is 1. The monoisotopic (exact) mass is 634 g/mol. The molecule has 4 rings (SSSR count). The van der Waals surface area contributed by atoms with Crippen molar-refractivity contribution in [3.05, 3.63) is 87.8 Å². The van der Waals surface area contributed by atoms with Crippen LogP contribution in [0.3, 0.4) is 0 Å². The van der Waals surface area contributed by atoms with Crippen molar-refractivity contribution in [3.63, 3.8) is 0 Å². The predicted molar refractivity (Wildman–Crippen MR) is 172 cm³/mol. The smallest absolute Gasteiger partial charge is 0.253 e. The second kappa shape index (κ2) is 15.5. The first-order chi connectivity index (χ1) is 22.0. The first kappa shape index (κ1) is 34.8. The molecule has 8 nitrogen and oxygen atoms in total. The Morgan fingerprint density at radius 1 is 1.02 bits per heavy atom. The van der Waals surface area contributed by atoms with Crippen molar-refractivity contribution in [2.24, 2.45) is 5.92 Å². The molecule has 10 heteroatoms. The molecule has 0 bridgehead atoms. The first-order valence-electron chi connectivity index (χ1n) is 16.0. The number of rotatable bonds is 16. The molecule has 1 aliphatic carbocycles. The van der Waals surface area contributed by atoms with Gasteiger partial charge in [-0.15, -0.1) is 6.42 Å². The molecule has 0 spiro atoms. The Labute approximate surface area is 269 Å².